The van der Waals surface area contributed by atoms with Crippen molar-refractivity contribution in [2.24, 2.45) is 0 Å². The van der Waals surface area contributed by atoms with Gasteiger partial charge in [-0.2, -0.15) is 0 Å². The lowest BCUT2D eigenvalue weighted by Gasteiger charge is -2.10. The highest BCUT2D eigenvalue weighted by Crippen LogP contribution is 2.29. The Morgan fingerprint density at radius 1 is 1.29 bits per heavy atom. The van der Waals surface area contributed by atoms with Gasteiger partial charge < -0.3 is 14.8 Å². The molecule has 1 amide bonds. The summed E-state index contributed by atoms with van der Waals surface area (Å²) < 4.78 is 11.6. The highest BCUT2D eigenvalue weighted by molar-refractivity contribution is 9.10. The summed E-state index contributed by atoms with van der Waals surface area (Å²) in [5.74, 6) is 1.24. The van der Waals surface area contributed by atoms with Crippen LogP contribution >= 0.6 is 15.9 Å². The van der Waals surface area contributed by atoms with Crippen molar-refractivity contribution in [1.82, 2.24) is 0 Å². The molecular formula is C16H14BrNO3. The quantitative estimate of drug-likeness (QED) is 0.921. The predicted octanol–water partition coefficient (Wildman–Crippen LogP) is 3.64. The molecule has 0 spiro atoms. The highest BCUT2D eigenvalue weighted by atomic mass is 79.9. The molecule has 2 aromatic carbocycles. The summed E-state index contributed by atoms with van der Waals surface area (Å²) in [6.07, 6.45) is 0.876. The first-order valence-electron chi connectivity index (χ1n) is 6.58. The molecule has 1 heterocycles. The van der Waals surface area contributed by atoms with Crippen molar-refractivity contribution in [2.45, 2.75) is 6.42 Å². The Morgan fingerprint density at radius 3 is 2.95 bits per heavy atom. The van der Waals surface area contributed by atoms with Crippen LogP contribution in [0.15, 0.2) is 40.9 Å². The summed E-state index contributed by atoms with van der Waals surface area (Å²) >= 11 is 3.36. The lowest BCUT2D eigenvalue weighted by molar-refractivity contribution is 0.102. The molecule has 0 bridgehead atoms. The molecule has 1 N–H and O–H groups in total. The van der Waals surface area contributed by atoms with Gasteiger partial charge in [0.25, 0.3) is 5.91 Å². The number of carbonyl (C=O) groups excluding carboxylic acids is 1. The topological polar surface area (TPSA) is 47.6 Å². The van der Waals surface area contributed by atoms with Crippen molar-refractivity contribution in [1.29, 1.82) is 0 Å². The summed E-state index contributed by atoms with van der Waals surface area (Å²) in [5.41, 5.74) is 2.38. The van der Waals surface area contributed by atoms with Gasteiger partial charge in [-0.3, -0.25) is 4.79 Å². The van der Waals surface area contributed by atoms with Crippen molar-refractivity contribution in [3.63, 3.8) is 0 Å². The zero-order chi connectivity index (χ0) is 14.8. The van der Waals surface area contributed by atoms with Crippen molar-refractivity contribution in [3.8, 4) is 11.5 Å². The Morgan fingerprint density at radius 2 is 2.14 bits per heavy atom. The number of ether oxygens (including phenoxy) is 2. The smallest absolute Gasteiger partial charge is 0.259 e. The van der Waals surface area contributed by atoms with Crippen LogP contribution in [0.5, 0.6) is 11.5 Å². The van der Waals surface area contributed by atoms with Gasteiger partial charge in [-0.15, -0.1) is 0 Å². The van der Waals surface area contributed by atoms with Crippen molar-refractivity contribution < 1.29 is 14.3 Å². The van der Waals surface area contributed by atoms with Gasteiger partial charge in [-0.1, -0.05) is 15.9 Å². The van der Waals surface area contributed by atoms with Crippen molar-refractivity contribution in [3.05, 3.63) is 52.0 Å². The van der Waals surface area contributed by atoms with E-state index in [9.17, 15) is 4.79 Å². The van der Waals surface area contributed by atoms with E-state index in [1.54, 1.807) is 19.2 Å². The minimum absolute atomic E-state index is 0.196. The maximum atomic E-state index is 12.4. The molecule has 0 atom stereocenters. The fourth-order valence-electron chi connectivity index (χ4n) is 2.32. The molecule has 1 aliphatic heterocycles. The summed E-state index contributed by atoms with van der Waals surface area (Å²) in [6.45, 7) is 0.702. The Hall–Kier alpha value is -2.01. The minimum atomic E-state index is -0.196. The van der Waals surface area contributed by atoms with Crippen molar-refractivity contribution >= 4 is 27.5 Å². The number of nitrogens with one attached hydrogen (secondary N) is 1. The van der Waals surface area contributed by atoms with Crippen molar-refractivity contribution in [2.75, 3.05) is 19.0 Å². The van der Waals surface area contributed by atoms with Gasteiger partial charge in [0.2, 0.25) is 0 Å². The number of carbonyl (C=O) groups is 1. The summed E-state index contributed by atoms with van der Waals surface area (Å²) in [5, 5.41) is 2.89. The van der Waals surface area contributed by atoms with E-state index in [4.69, 9.17) is 9.47 Å². The van der Waals surface area contributed by atoms with Gasteiger partial charge in [-0.25, -0.2) is 0 Å². The van der Waals surface area contributed by atoms with Gasteiger partial charge in [0.1, 0.15) is 11.5 Å². The molecule has 0 unspecified atom stereocenters. The second-order valence-electron chi connectivity index (χ2n) is 4.72. The van der Waals surface area contributed by atoms with Gasteiger partial charge >= 0.3 is 0 Å². The molecule has 5 heteroatoms. The number of fused-ring (bicyclic) bond motifs is 1. The zero-order valence-corrected chi connectivity index (χ0v) is 13.1. The van der Waals surface area contributed by atoms with E-state index in [2.05, 4.69) is 21.2 Å². The number of hydrogen-bond acceptors (Lipinski definition) is 3. The summed E-state index contributed by atoms with van der Waals surface area (Å²) in [7, 11) is 1.55. The lowest BCUT2D eigenvalue weighted by Crippen LogP contribution is -2.13. The van der Waals surface area contributed by atoms with E-state index in [-0.39, 0.29) is 5.91 Å². The van der Waals surface area contributed by atoms with Crippen LogP contribution in [0, 0.1) is 0 Å². The number of amides is 1. The largest absolute Gasteiger partial charge is 0.496 e. The third-order valence-corrected chi connectivity index (χ3v) is 3.85. The molecule has 0 saturated heterocycles. The standard InChI is InChI=1S/C16H14BrNO3/c1-20-15-9-11(17)2-4-13(15)16(19)18-12-3-5-14-10(8-12)6-7-21-14/h2-5,8-9H,6-7H2,1H3,(H,18,19). The van der Waals surface area contributed by atoms with Gasteiger partial charge in [0.15, 0.2) is 0 Å². The average Bonchev–Trinajstić information content (AvgIpc) is 2.94. The van der Waals surface area contributed by atoms with Crippen LogP contribution in [0.25, 0.3) is 0 Å². The van der Waals surface area contributed by atoms with Crippen LogP contribution in [0.3, 0.4) is 0 Å². The fourth-order valence-corrected chi connectivity index (χ4v) is 2.66. The number of methoxy groups -OCH3 is 1. The van der Waals surface area contributed by atoms with E-state index in [1.807, 2.05) is 24.3 Å². The maximum absolute atomic E-state index is 12.4. The molecule has 0 aromatic heterocycles. The molecule has 0 radical (unpaired) electrons. The van der Waals surface area contributed by atoms with Gasteiger partial charge in [0, 0.05) is 16.6 Å². The first-order valence-corrected chi connectivity index (χ1v) is 7.37. The Balaban J connectivity index is 1.83. The van der Waals surface area contributed by atoms with Gasteiger partial charge in [-0.05, 0) is 42.0 Å². The van der Waals surface area contributed by atoms with E-state index in [0.717, 1.165) is 27.9 Å². The van der Waals surface area contributed by atoms with E-state index < -0.39 is 0 Å². The molecule has 0 aliphatic carbocycles. The number of hydrogen-bond donors (Lipinski definition) is 1. The van der Waals surface area contributed by atoms with E-state index in [0.29, 0.717) is 17.9 Å². The summed E-state index contributed by atoms with van der Waals surface area (Å²) in [6, 6.07) is 11.0. The first kappa shape index (κ1) is 13.9. The van der Waals surface area contributed by atoms with Crippen LogP contribution in [-0.4, -0.2) is 19.6 Å². The van der Waals surface area contributed by atoms with E-state index >= 15 is 0 Å². The van der Waals surface area contributed by atoms with E-state index in [1.165, 1.54) is 0 Å². The molecule has 4 nitrogen and oxygen atoms in total. The monoisotopic (exact) mass is 347 g/mol. The highest BCUT2D eigenvalue weighted by Gasteiger charge is 2.15. The lowest BCUT2D eigenvalue weighted by atomic mass is 10.1. The Bertz CT molecular complexity index is 700. The number of benzene rings is 2. The fraction of sp³-hybridized carbons (Fsp3) is 0.188. The SMILES string of the molecule is COc1cc(Br)ccc1C(=O)Nc1ccc2c(c1)CCO2. The predicted molar refractivity (Wildman–Crippen MR) is 84.3 cm³/mol. The second-order valence-corrected chi connectivity index (χ2v) is 5.64. The van der Waals surface area contributed by atoms with Crippen LogP contribution in [-0.2, 0) is 6.42 Å². The Kier molecular flexibility index (Phi) is 3.84. The molecule has 108 valence electrons. The zero-order valence-electron chi connectivity index (χ0n) is 11.5. The minimum Gasteiger partial charge on any atom is -0.496 e. The van der Waals surface area contributed by atoms with Crippen LogP contribution in [0.1, 0.15) is 15.9 Å². The third-order valence-electron chi connectivity index (χ3n) is 3.36. The molecule has 2 aromatic rings. The molecule has 0 saturated carbocycles. The van der Waals surface area contributed by atoms with Crippen LogP contribution < -0.4 is 14.8 Å². The molecule has 21 heavy (non-hydrogen) atoms. The molecule has 3 rings (SSSR count). The maximum Gasteiger partial charge on any atom is 0.259 e. The second kappa shape index (κ2) is 5.77. The van der Waals surface area contributed by atoms with Gasteiger partial charge in [0.05, 0.1) is 19.3 Å². The summed E-state index contributed by atoms with van der Waals surface area (Å²) in [4.78, 5) is 12.4. The number of rotatable bonds is 3. The first-order chi connectivity index (χ1) is 10.2. The third kappa shape index (κ3) is 2.88. The normalized spacial score (nSPS) is 12.5. The molecule has 1 aliphatic rings. The van der Waals surface area contributed by atoms with Crippen LogP contribution in [0.4, 0.5) is 5.69 Å². The number of halogens is 1. The molecular weight excluding hydrogens is 334 g/mol. The number of anilines is 1. The Labute approximate surface area is 131 Å². The molecule has 0 fully saturated rings. The van der Waals surface area contributed by atoms with Crippen LogP contribution in [0.2, 0.25) is 0 Å². The average molecular weight is 348 g/mol.